The predicted octanol–water partition coefficient (Wildman–Crippen LogP) is 1.49. The zero-order chi connectivity index (χ0) is 13.4. The average Bonchev–Trinajstić information content (AvgIpc) is 2.67. The van der Waals surface area contributed by atoms with Gasteiger partial charge >= 0.3 is 0 Å². The fourth-order valence-electron chi connectivity index (χ4n) is 2.92. The van der Waals surface area contributed by atoms with E-state index in [1.165, 1.54) is 38.5 Å². The molecule has 0 aromatic carbocycles. The highest BCUT2D eigenvalue weighted by atomic mass is 16.2. The molecule has 106 valence electrons. The first-order valence-electron chi connectivity index (χ1n) is 7.38. The maximum Gasteiger partial charge on any atom is 0.236 e. The van der Waals surface area contributed by atoms with Crippen molar-refractivity contribution in [3.8, 4) is 0 Å². The minimum Gasteiger partial charge on any atom is -0.358 e. The van der Waals surface area contributed by atoms with Crippen LogP contribution in [0.5, 0.6) is 0 Å². The largest absolute Gasteiger partial charge is 0.358 e. The van der Waals surface area contributed by atoms with E-state index in [-0.39, 0.29) is 11.9 Å². The Morgan fingerprint density at radius 3 is 2.44 bits per heavy atom. The molecule has 1 rings (SSSR count). The van der Waals surface area contributed by atoms with Crippen LogP contribution in [0.2, 0.25) is 0 Å². The number of nitrogens with two attached hydrogens (primary N) is 1. The molecule has 4 heteroatoms. The molecular weight excluding hydrogens is 226 g/mol. The van der Waals surface area contributed by atoms with Crippen LogP contribution in [0.25, 0.3) is 0 Å². The summed E-state index contributed by atoms with van der Waals surface area (Å²) in [5.74, 6) is 0.122. The summed E-state index contributed by atoms with van der Waals surface area (Å²) >= 11 is 0. The van der Waals surface area contributed by atoms with E-state index in [0.29, 0.717) is 12.6 Å². The summed E-state index contributed by atoms with van der Waals surface area (Å²) in [7, 11) is 1.72. The topological polar surface area (TPSA) is 58.4 Å². The van der Waals surface area contributed by atoms with Crippen molar-refractivity contribution in [2.24, 2.45) is 5.73 Å². The Bertz CT molecular complexity index is 237. The van der Waals surface area contributed by atoms with Gasteiger partial charge in [0.05, 0.1) is 6.04 Å². The van der Waals surface area contributed by atoms with E-state index in [9.17, 15) is 4.79 Å². The fraction of sp³-hybridized carbons (Fsp3) is 0.929. The molecule has 0 aromatic heterocycles. The van der Waals surface area contributed by atoms with Gasteiger partial charge in [0.25, 0.3) is 0 Å². The van der Waals surface area contributed by atoms with E-state index in [2.05, 4.69) is 10.2 Å². The number of likely N-dealkylation sites (N-methyl/N-ethyl adjacent to an activating group) is 1. The van der Waals surface area contributed by atoms with Crippen molar-refractivity contribution in [3.63, 3.8) is 0 Å². The molecule has 1 unspecified atom stereocenters. The van der Waals surface area contributed by atoms with Gasteiger partial charge in [0.2, 0.25) is 5.91 Å². The molecule has 0 saturated heterocycles. The van der Waals surface area contributed by atoms with Crippen molar-refractivity contribution in [1.29, 1.82) is 0 Å². The third-order valence-corrected chi connectivity index (χ3v) is 4.04. The Hall–Kier alpha value is -0.610. The summed E-state index contributed by atoms with van der Waals surface area (Å²) in [5.41, 5.74) is 5.62. The zero-order valence-corrected chi connectivity index (χ0v) is 12.0. The second kappa shape index (κ2) is 8.48. The van der Waals surface area contributed by atoms with Crippen LogP contribution in [0.3, 0.4) is 0 Å². The normalized spacial score (nSPS) is 19.6. The third kappa shape index (κ3) is 4.58. The molecule has 1 atom stereocenters. The monoisotopic (exact) mass is 255 g/mol. The smallest absolute Gasteiger partial charge is 0.236 e. The summed E-state index contributed by atoms with van der Waals surface area (Å²) in [6.07, 6.45) is 8.70. The van der Waals surface area contributed by atoms with Crippen molar-refractivity contribution in [2.45, 2.75) is 64.0 Å². The van der Waals surface area contributed by atoms with Crippen LogP contribution in [0, 0.1) is 0 Å². The van der Waals surface area contributed by atoms with Gasteiger partial charge in [-0.2, -0.15) is 0 Å². The number of carbonyl (C=O) groups is 1. The molecule has 3 N–H and O–H groups in total. The van der Waals surface area contributed by atoms with Crippen LogP contribution in [0.1, 0.15) is 51.9 Å². The number of hydrogen-bond acceptors (Lipinski definition) is 3. The minimum absolute atomic E-state index is 0.0374. The van der Waals surface area contributed by atoms with Crippen LogP contribution < -0.4 is 11.1 Å². The van der Waals surface area contributed by atoms with Gasteiger partial charge in [-0.1, -0.05) is 25.7 Å². The number of amides is 1. The van der Waals surface area contributed by atoms with Crippen molar-refractivity contribution in [1.82, 2.24) is 10.2 Å². The van der Waals surface area contributed by atoms with Crippen molar-refractivity contribution >= 4 is 5.91 Å². The van der Waals surface area contributed by atoms with E-state index < -0.39 is 0 Å². The average molecular weight is 255 g/mol. The molecule has 1 amide bonds. The van der Waals surface area contributed by atoms with E-state index in [1.54, 1.807) is 7.05 Å². The lowest BCUT2D eigenvalue weighted by atomic mass is 10.0. The summed E-state index contributed by atoms with van der Waals surface area (Å²) in [4.78, 5) is 14.2. The highest BCUT2D eigenvalue weighted by Crippen LogP contribution is 2.23. The van der Waals surface area contributed by atoms with E-state index in [4.69, 9.17) is 5.73 Å². The standard InChI is InChI=1S/C14H29N3O/c1-12(14(18)16-2)17(11-7-10-15)13-8-5-3-4-6-9-13/h12-13H,3-11,15H2,1-2H3,(H,16,18). The quantitative estimate of drug-likeness (QED) is 0.707. The van der Waals surface area contributed by atoms with Gasteiger partial charge in [0.15, 0.2) is 0 Å². The summed E-state index contributed by atoms with van der Waals surface area (Å²) in [5, 5.41) is 2.76. The van der Waals surface area contributed by atoms with Gasteiger partial charge < -0.3 is 11.1 Å². The first-order chi connectivity index (χ1) is 8.70. The number of nitrogens with one attached hydrogen (secondary N) is 1. The van der Waals surface area contributed by atoms with Crippen molar-refractivity contribution in [2.75, 3.05) is 20.1 Å². The first kappa shape index (κ1) is 15.4. The van der Waals surface area contributed by atoms with Gasteiger partial charge in [0, 0.05) is 19.6 Å². The molecule has 1 aliphatic rings. The summed E-state index contributed by atoms with van der Waals surface area (Å²) in [6.45, 7) is 3.65. The number of nitrogens with zero attached hydrogens (tertiary/aromatic N) is 1. The second-order valence-corrected chi connectivity index (χ2v) is 5.32. The van der Waals surface area contributed by atoms with Crippen LogP contribution in [-0.2, 0) is 4.79 Å². The Morgan fingerprint density at radius 2 is 1.94 bits per heavy atom. The lowest BCUT2D eigenvalue weighted by Crippen LogP contribution is -2.49. The van der Waals surface area contributed by atoms with Crippen molar-refractivity contribution in [3.05, 3.63) is 0 Å². The van der Waals surface area contributed by atoms with Gasteiger partial charge in [-0.05, 0) is 32.7 Å². The molecule has 0 aromatic rings. The lowest BCUT2D eigenvalue weighted by molar-refractivity contribution is -0.126. The van der Waals surface area contributed by atoms with Gasteiger partial charge in [-0.15, -0.1) is 0 Å². The third-order valence-electron chi connectivity index (χ3n) is 4.04. The van der Waals surface area contributed by atoms with Gasteiger partial charge in [-0.25, -0.2) is 0 Å². The fourth-order valence-corrected chi connectivity index (χ4v) is 2.92. The molecular formula is C14H29N3O. The Kier molecular flexibility index (Phi) is 7.28. The minimum atomic E-state index is -0.0374. The second-order valence-electron chi connectivity index (χ2n) is 5.32. The van der Waals surface area contributed by atoms with Gasteiger partial charge in [-0.3, -0.25) is 9.69 Å². The molecule has 0 heterocycles. The molecule has 0 radical (unpaired) electrons. The maximum atomic E-state index is 11.9. The first-order valence-corrected chi connectivity index (χ1v) is 7.38. The maximum absolute atomic E-state index is 11.9. The van der Waals surface area contributed by atoms with Gasteiger partial charge in [0.1, 0.15) is 0 Å². The van der Waals surface area contributed by atoms with E-state index in [1.807, 2.05) is 6.92 Å². The molecule has 4 nitrogen and oxygen atoms in total. The summed E-state index contributed by atoms with van der Waals surface area (Å²) < 4.78 is 0. The molecule has 0 spiro atoms. The van der Waals surface area contributed by atoms with Crippen LogP contribution in [0.4, 0.5) is 0 Å². The van der Waals surface area contributed by atoms with Crippen molar-refractivity contribution < 1.29 is 4.79 Å². The van der Waals surface area contributed by atoms with Crippen LogP contribution in [-0.4, -0.2) is 43.0 Å². The Morgan fingerprint density at radius 1 is 1.33 bits per heavy atom. The zero-order valence-electron chi connectivity index (χ0n) is 12.0. The highest BCUT2D eigenvalue weighted by Gasteiger charge is 2.27. The SMILES string of the molecule is CNC(=O)C(C)N(CCCN)C1CCCCCC1. The Labute approximate surface area is 111 Å². The molecule has 1 aliphatic carbocycles. The molecule has 0 bridgehead atoms. The number of rotatable bonds is 6. The Balaban J connectivity index is 2.65. The molecule has 0 aliphatic heterocycles. The van der Waals surface area contributed by atoms with E-state index >= 15 is 0 Å². The molecule has 1 fully saturated rings. The molecule has 18 heavy (non-hydrogen) atoms. The highest BCUT2D eigenvalue weighted by molar-refractivity contribution is 5.81. The van der Waals surface area contributed by atoms with E-state index in [0.717, 1.165) is 13.0 Å². The predicted molar refractivity (Wildman–Crippen MR) is 75.4 cm³/mol. The van der Waals surface area contributed by atoms with Crippen LogP contribution >= 0.6 is 0 Å². The number of carbonyl (C=O) groups excluding carboxylic acids is 1. The summed E-state index contributed by atoms with van der Waals surface area (Å²) in [6, 6.07) is 0.524. The molecule has 1 saturated carbocycles. The number of hydrogen-bond donors (Lipinski definition) is 2. The van der Waals surface area contributed by atoms with Crippen LogP contribution in [0.15, 0.2) is 0 Å². The lowest BCUT2D eigenvalue weighted by Gasteiger charge is -2.35.